The van der Waals surface area contributed by atoms with Crippen molar-refractivity contribution in [1.29, 1.82) is 0 Å². The highest BCUT2D eigenvalue weighted by molar-refractivity contribution is 7.07. The van der Waals surface area contributed by atoms with Gasteiger partial charge in [0.15, 0.2) is 0 Å². The minimum Gasteiger partial charge on any atom is -0.370 e. The van der Waals surface area contributed by atoms with Crippen LogP contribution in [0.2, 0.25) is 0 Å². The van der Waals surface area contributed by atoms with Gasteiger partial charge < -0.3 is 10.1 Å². The average Bonchev–Trinajstić information content (AvgIpc) is 3.09. The van der Waals surface area contributed by atoms with E-state index in [9.17, 15) is 0 Å². The summed E-state index contributed by atoms with van der Waals surface area (Å²) in [5.41, 5.74) is 1.67. The number of hydrogen-bond acceptors (Lipinski definition) is 3. The Morgan fingerprint density at radius 3 is 3.00 bits per heavy atom. The van der Waals surface area contributed by atoms with E-state index in [2.05, 4.69) is 29.1 Å². The van der Waals surface area contributed by atoms with Gasteiger partial charge in [0.1, 0.15) is 0 Å². The summed E-state index contributed by atoms with van der Waals surface area (Å²) in [5, 5.41) is 7.99. The van der Waals surface area contributed by atoms with Crippen LogP contribution in [0.15, 0.2) is 16.8 Å². The van der Waals surface area contributed by atoms with Crippen molar-refractivity contribution in [3.05, 3.63) is 22.4 Å². The van der Waals surface area contributed by atoms with Crippen molar-refractivity contribution in [3.8, 4) is 0 Å². The van der Waals surface area contributed by atoms with Gasteiger partial charge in [-0.15, -0.1) is 0 Å². The summed E-state index contributed by atoms with van der Waals surface area (Å²) >= 11 is 1.77. The Morgan fingerprint density at radius 2 is 2.28 bits per heavy atom. The molecule has 0 amide bonds. The Balaban J connectivity index is 1.47. The zero-order valence-electron chi connectivity index (χ0n) is 11.2. The van der Waals surface area contributed by atoms with Crippen molar-refractivity contribution in [3.63, 3.8) is 0 Å². The molecular formula is C15H23NOS. The quantitative estimate of drug-likeness (QED) is 0.891. The van der Waals surface area contributed by atoms with Crippen LogP contribution in [0, 0.1) is 0 Å². The van der Waals surface area contributed by atoms with Crippen molar-refractivity contribution in [1.82, 2.24) is 5.32 Å². The molecule has 2 nitrogen and oxygen atoms in total. The second kappa shape index (κ2) is 5.32. The molecule has 100 valence electrons. The van der Waals surface area contributed by atoms with E-state index in [1.807, 2.05) is 0 Å². The Kier molecular flexibility index (Phi) is 3.73. The third kappa shape index (κ3) is 2.63. The molecule has 0 radical (unpaired) electrons. The van der Waals surface area contributed by atoms with E-state index in [1.165, 1.54) is 44.1 Å². The fourth-order valence-electron chi connectivity index (χ4n) is 3.37. The first-order valence-corrected chi connectivity index (χ1v) is 8.15. The second-order valence-electron chi connectivity index (χ2n) is 5.86. The predicted molar refractivity (Wildman–Crippen MR) is 76.0 cm³/mol. The van der Waals surface area contributed by atoms with E-state index in [0.29, 0.717) is 12.1 Å². The Labute approximate surface area is 114 Å². The van der Waals surface area contributed by atoms with Crippen LogP contribution in [0.3, 0.4) is 0 Å². The van der Waals surface area contributed by atoms with E-state index in [4.69, 9.17) is 4.74 Å². The molecule has 2 heterocycles. The van der Waals surface area contributed by atoms with Crippen LogP contribution in [0.25, 0.3) is 0 Å². The van der Waals surface area contributed by atoms with Crippen molar-refractivity contribution < 1.29 is 4.74 Å². The summed E-state index contributed by atoms with van der Waals surface area (Å²) in [6.07, 6.45) is 8.28. The molecule has 0 bridgehead atoms. The molecule has 3 rings (SSSR count). The first kappa shape index (κ1) is 12.6. The molecule has 18 heavy (non-hydrogen) atoms. The van der Waals surface area contributed by atoms with E-state index in [0.717, 1.165) is 6.54 Å². The molecule has 1 aromatic heterocycles. The molecule has 2 fully saturated rings. The molecule has 2 unspecified atom stereocenters. The molecule has 2 aliphatic rings. The standard InChI is InChI=1S/C15H23NOS/c1-12(13-5-9-18-11-13)16-10-14-4-8-15(17-14)6-2-3-7-15/h5,9,11-12,14,16H,2-4,6-8,10H2,1H3. The van der Waals surface area contributed by atoms with Gasteiger partial charge in [0.25, 0.3) is 0 Å². The number of rotatable bonds is 4. The second-order valence-corrected chi connectivity index (χ2v) is 6.64. The molecule has 1 saturated heterocycles. The highest BCUT2D eigenvalue weighted by atomic mass is 32.1. The van der Waals surface area contributed by atoms with E-state index < -0.39 is 0 Å². The molecule has 1 aliphatic heterocycles. The van der Waals surface area contributed by atoms with Gasteiger partial charge in [0.05, 0.1) is 11.7 Å². The Morgan fingerprint density at radius 1 is 1.44 bits per heavy atom. The van der Waals surface area contributed by atoms with Gasteiger partial charge in [-0.2, -0.15) is 11.3 Å². The number of nitrogens with one attached hydrogen (secondary N) is 1. The van der Waals surface area contributed by atoms with Gasteiger partial charge in [-0.1, -0.05) is 12.8 Å². The zero-order valence-corrected chi connectivity index (χ0v) is 12.0. The average molecular weight is 265 g/mol. The Hall–Kier alpha value is -0.380. The molecular weight excluding hydrogens is 242 g/mol. The molecule has 1 N–H and O–H groups in total. The van der Waals surface area contributed by atoms with Gasteiger partial charge in [-0.25, -0.2) is 0 Å². The smallest absolute Gasteiger partial charge is 0.0708 e. The lowest BCUT2D eigenvalue weighted by molar-refractivity contribution is -0.0357. The predicted octanol–water partition coefficient (Wildman–Crippen LogP) is 3.89. The van der Waals surface area contributed by atoms with Crippen LogP contribution in [-0.4, -0.2) is 18.2 Å². The van der Waals surface area contributed by atoms with Crippen LogP contribution in [0.5, 0.6) is 0 Å². The fourth-order valence-corrected chi connectivity index (χ4v) is 4.13. The van der Waals surface area contributed by atoms with E-state index in [1.54, 1.807) is 11.3 Å². The maximum Gasteiger partial charge on any atom is 0.0708 e. The minimum absolute atomic E-state index is 0.276. The SMILES string of the molecule is CC(NCC1CCC2(CCCC2)O1)c1ccsc1. The van der Waals surface area contributed by atoms with Crippen molar-refractivity contribution >= 4 is 11.3 Å². The number of thiophene rings is 1. The lowest BCUT2D eigenvalue weighted by Crippen LogP contribution is -2.32. The van der Waals surface area contributed by atoms with Crippen molar-refractivity contribution in [2.75, 3.05) is 6.54 Å². The molecule has 1 aromatic rings. The first-order chi connectivity index (χ1) is 8.77. The molecule has 1 aliphatic carbocycles. The van der Waals surface area contributed by atoms with Crippen LogP contribution in [0.4, 0.5) is 0 Å². The van der Waals surface area contributed by atoms with Crippen molar-refractivity contribution in [2.24, 2.45) is 0 Å². The highest BCUT2D eigenvalue weighted by Crippen LogP contribution is 2.43. The summed E-state index contributed by atoms with van der Waals surface area (Å²) in [4.78, 5) is 0. The summed E-state index contributed by atoms with van der Waals surface area (Å²) in [5.74, 6) is 0. The normalized spacial score (nSPS) is 27.9. The lowest BCUT2D eigenvalue weighted by Gasteiger charge is -2.24. The third-order valence-electron chi connectivity index (χ3n) is 4.55. The minimum atomic E-state index is 0.276. The largest absolute Gasteiger partial charge is 0.370 e. The zero-order chi connectivity index (χ0) is 12.4. The monoisotopic (exact) mass is 265 g/mol. The molecule has 3 heteroatoms. The highest BCUT2D eigenvalue weighted by Gasteiger charge is 2.41. The number of hydrogen-bond donors (Lipinski definition) is 1. The van der Waals surface area contributed by atoms with Gasteiger partial charge >= 0.3 is 0 Å². The lowest BCUT2D eigenvalue weighted by atomic mass is 9.98. The van der Waals surface area contributed by atoms with Crippen molar-refractivity contribution in [2.45, 2.75) is 63.2 Å². The van der Waals surface area contributed by atoms with Gasteiger partial charge in [0.2, 0.25) is 0 Å². The van der Waals surface area contributed by atoms with Crippen LogP contribution in [-0.2, 0) is 4.74 Å². The maximum absolute atomic E-state index is 6.32. The summed E-state index contributed by atoms with van der Waals surface area (Å²) in [6, 6.07) is 2.65. The summed E-state index contributed by atoms with van der Waals surface area (Å²) < 4.78 is 6.32. The molecule has 0 aromatic carbocycles. The van der Waals surface area contributed by atoms with Gasteiger partial charge in [0, 0.05) is 12.6 Å². The van der Waals surface area contributed by atoms with Crippen LogP contribution < -0.4 is 5.32 Å². The topological polar surface area (TPSA) is 21.3 Å². The van der Waals surface area contributed by atoms with Gasteiger partial charge in [-0.3, -0.25) is 0 Å². The first-order valence-electron chi connectivity index (χ1n) is 7.21. The molecule has 1 spiro atoms. The van der Waals surface area contributed by atoms with Crippen LogP contribution >= 0.6 is 11.3 Å². The third-order valence-corrected chi connectivity index (χ3v) is 5.25. The van der Waals surface area contributed by atoms with E-state index >= 15 is 0 Å². The maximum atomic E-state index is 6.32. The molecule has 1 saturated carbocycles. The summed E-state index contributed by atoms with van der Waals surface area (Å²) in [7, 11) is 0. The number of ether oxygens (including phenoxy) is 1. The van der Waals surface area contributed by atoms with Gasteiger partial charge in [-0.05, 0) is 55.0 Å². The summed E-state index contributed by atoms with van der Waals surface area (Å²) in [6.45, 7) is 3.24. The van der Waals surface area contributed by atoms with Crippen LogP contribution in [0.1, 0.15) is 57.1 Å². The Bertz CT molecular complexity index is 370. The molecule has 2 atom stereocenters. The fraction of sp³-hybridized carbons (Fsp3) is 0.733. The van der Waals surface area contributed by atoms with E-state index in [-0.39, 0.29) is 5.60 Å².